The standard InChI is InChI=1S/C13H26N2O3/c1-7-13(4,5)15-10(16)8-14-11(9(2)3)12(17)18-6/h9,11,14H,7-8H2,1-6H3,(H,15,16). The first-order valence-corrected chi connectivity index (χ1v) is 6.35. The fourth-order valence-corrected chi connectivity index (χ4v) is 1.43. The van der Waals surface area contributed by atoms with Crippen molar-refractivity contribution in [1.82, 2.24) is 10.6 Å². The van der Waals surface area contributed by atoms with Gasteiger partial charge < -0.3 is 10.1 Å². The largest absolute Gasteiger partial charge is 0.468 e. The zero-order valence-corrected chi connectivity index (χ0v) is 12.3. The highest BCUT2D eigenvalue weighted by molar-refractivity contribution is 5.81. The number of hydrogen-bond donors (Lipinski definition) is 2. The van der Waals surface area contributed by atoms with Crippen LogP contribution < -0.4 is 10.6 Å². The molecule has 1 unspecified atom stereocenters. The van der Waals surface area contributed by atoms with Crippen LogP contribution in [0, 0.1) is 5.92 Å². The molecule has 0 radical (unpaired) electrons. The molecule has 106 valence electrons. The smallest absolute Gasteiger partial charge is 0.323 e. The molecule has 0 bridgehead atoms. The summed E-state index contributed by atoms with van der Waals surface area (Å²) in [5.41, 5.74) is -0.225. The number of carbonyl (C=O) groups excluding carboxylic acids is 2. The molecule has 0 aliphatic rings. The van der Waals surface area contributed by atoms with Gasteiger partial charge in [-0.1, -0.05) is 20.8 Å². The highest BCUT2D eigenvalue weighted by Gasteiger charge is 2.24. The molecule has 0 spiro atoms. The predicted molar refractivity (Wildman–Crippen MR) is 71.2 cm³/mol. The van der Waals surface area contributed by atoms with Gasteiger partial charge in [-0.05, 0) is 26.2 Å². The third kappa shape index (κ3) is 6.00. The second-order valence-electron chi connectivity index (χ2n) is 5.41. The van der Waals surface area contributed by atoms with Gasteiger partial charge in [-0.2, -0.15) is 0 Å². The van der Waals surface area contributed by atoms with Crippen molar-refractivity contribution in [2.75, 3.05) is 13.7 Å². The number of nitrogens with one attached hydrogen (secondary N) is 2. The van der Waals surface area contributed by atoms with E-state index in [0.29, 0.717) is 0 Å². The van der Waals surface area contributed by atoms with E-state index in [-0.39, 0.29) is 29.9 Å². The highest BCUT2D eigenvalue weighted by atomic mass is 16.5. The number of rotatable bonds is 7. The van der Waals surface area contributed by atoms with E-state index in [1.54, 1.807) is 0 Å². The van der Waals surface area contributed by atoms with Crippen LogP contribution in [0.4, 0.5) is 0 Å². The van der Waals surface area contributed by atoms with Crippen molar-refractivity contribution in [2.45, 2.75) is 52.6 Å². The SMILES string of the molecule is CCC(C)(C)NC(=O)CNC(C(=O)OC)C(C)C. The Balaban J connectivity index is 4.29. The molecule has 0 aliphatic heterocycles. The van der Waals surface area contributed by atoms with E-state index in [4.69, 9.17) is 4.74 Å². The van der Waals surface area contributed by atoms with Crippen molar-refractivity contribution in [1.29, 1.82) is 0 Å². The molecule has 18 heavy (non-hydrogen) atoms. The Hall–Kier alpha value is -1.10. The van der Waals surface area contributed by atoms with E-state index in [9.17, 15) is 9.59 Å². The average molecular weight is 258 g/mol. The monoisotopic (exact) mass is 258 g/mol. The van der Waals surface area contributed by atoms with Crippen LogP contribution in [0.2, 0.25) is 0 Å². The van der Waals surface area contributed by atoms with Crippen LogP contribution in [0.25, 0.3) is 0 Å². The molecule has 0 aromatic rings. The third-order valence-corrected chi connectivity index (χ3v) is 2.97. The zero-order chi connectivity index (χ0) is 14.3. The Morgan fingerprint density at radius 1 is 1.28 bits per heavy atom. The summed E-state index contributed by atoms with van der Waals surface area (Å²) >= 11 is 0. The maximum Gasteiger partial charge on any atom is 0.323 e. The Labute approximate surface area is 110 Å². The van der Waals surface area contributed by atoms with E-state index < -0.39 is 6.04 Å². The molecule has 0 aromatic heterocycles. The van der Waals surface area contributed by atoms with Crippen LogP contribution in [0.15, 0.2) is 0 Å². The number of hydrogen-bond acceptors (Lipinski definition) is 4. The van der Waals surface area contributed by atoms with Crippen molar-refractivity contribution in [2.24, 2.45) is 5.92 Å². The van der Waals surface area contributed by atoms with Crippen molar-refractivity contribution in [3.8, 4) is 0 Å². The number of ether oxygens (including phenoxy) is 1. The molecule has 1 atom stereocenters. The molecular formula is C13H26N2O3. The van der Waals surface area contributed by atoms with Gasteiger partial charge in [0.05, 0.1) is 13.7 Å². The van der Waals surface area contributed by atoms with E-state index in [0.717, 1.165) is 6.42 Å². The van der Waals surface area contributed by atoms with Crippen LogP contribution in [-0.2, 0) is 14.3 Å². The first-order chi connectivity index (χ1) is 8.23. The lowest BCUT2D eigenvalue weighted by atomic mass is 10.0. The molecule has 5 heteroatoms. The summed E-state index contributed by atoms with van der Waals surface area (Å²) in [4.78, 5) is 23.2. The molecule has 0 heterocycles. The summed E-state index contributed by atoms with van der Waals surface area (Å²) < 4.78 is 4.69. The number of esters is 1. The Bertz CT molecular complexity index is 288. The summed E-state index contributed by atoms with van der Waals surface area (Å²) in [6, 6.07) is -0.453. The van der Waals surface area contributed by atoms with Gasteiger partial charge in [0.2, 0.25) is 5.91 Å². The van der Waals surface area contributed by atoms with Gasteiger partial charge in [-0.25, -0.2) is 0 Å². The maximum atomic E-state index is 11.7. The van der Waals surface area contributed by atoms with Gasteiger partial charge in [0.1, 0.15) is 6.04 Å². The molecule has 0 saturated carbocycles. The first-order valence-electron chi connectivity index (χ1n) is 6.35. The molecule has 1 amide bonds. The van der Waals surface area contributed by atoms with E-state index in [1.165, 1.54) is 7.11 Å². The normalized spacial score (nSPS) is 13.3. The lowest BCUT2D eigenvalue weighted by Gasteiger charge is -2.25. The minimum Gasteiger partial charge on any atom is -0.468 e. The number of amides is 1. The average Bonchev–Trinajstić information content (AvgIpc) is 2.27. The number of methoxy groups -OCH3 is 1. The van der Waals surface area contributed by atoms with Crippen LogP contribution in [0.5, 0.6) is 0 Å². The molecule has 2 N–H and O–H groups in total. The minimum absolute atomic E-state index is 0.0736. The summed E-state index contributed by atoms with van der Waals surface area (Å²) in [7, 11) is 1.35. The second-order valence-corrected chi connectivity index (χ2v) is 5.41. The van der Waals surface area contributed by atoms with Crippen molar-refractivity contribution in [3.05, 3.63) is 0 Å². The lowest BCUT2D eigenvalue weighted by molar-refractivity contribution is -0.144. The van der Waals surface area contributed by atoms with Crippen molar-refractivity contribution >= 4 is 11.9 Å². The van der Waals surface area contributed by atoms with E-state index in [2.05, 4.69) is 10.6 Å². The summed E-state index contributed by atoms with van der Waals surface area (Å²) in [6.07, 6.45) is 0.851. The highest BCUT2D eigenvalue weighted by Crippen LogP contribution is 2.06. The summed E-state index contributed by atoms with van der Waals surface area (Å²) in [5, 5.41) is 5.83. The van der Waals surface area contributed by atoms with Crippen LogP contribution in [0.1, 0.15) is 41.0 Å². The quantitative estimate of drug-likeness (QED) is 0.671. The molecule has 0 aliphatic carbocycles. The van der Waals surface area contributed by atoms with Crippen LogP contribution in [-0.4, -0.2) is 37.1 Å². The van der Waals surface area contributed by atoms with Gasteiger partial charge in [0, 0.05) is 5.54 Å². The fourth-order valence-electron chi connectivity index (χ4n) is 1.43. The van der Waals surface area contributed by atoms with E-state index in [1.807, 2.05) is 34.6 Å². The second kappa shape index (κ2) is 7.36. The topological polar surface area (TPSA) is 67.4 Å². The van der Waals surface area contributed by atoms with E-state index >= 15 is 0 Å². The minimum atomic E-state index is -0.453. The van der Waals surface area contributed by atoms with Crippen molar-refractivity contribution < 1.29 is 14.3 Å². The molecule has 0 aromatic carbocycles. The third-order valence-electron chi connectivity index (χ3n) is 2.97. The summed E-state index contributed by atoms with van der Waals surface area (Å²) in [6.45, 7) is 9.86. The Morgan fingerprint density at radius 3 is 2.22 bits per heavy atom. The predicted octanol–water partition coefficient (Wildman–Crippen LogP) is 1.08. The first kappa shape index (κ1) is 16.9. The maximum absolute atomic E-state index is 11.7. The molecule has 0 saturated heterocycles. The summed E-state index contributed by atoms with van der Waals surface area (Å²) in [5.74, 6) is -0.381. The van der Waals surface area contributed by atoms with Gasteiger partial charge in [-0.15, -0.1) is 0 Å². The molecular weight excluding hydrogens is 232 g/mol. The molecule has 0 rings (SSSR count). The Morgan fingerprint density at radius 2 is 1.83 bits per heavy atom. The lowest BCUT2D eigenvalue weighted by Crippen LogP contribution is -2.50. The number of carbonyl (C=O) groups is 2. The van der Waals surface area contributed by atoms with Crippen LogP contribution >= 0.6 is 0 Å². The Kier molecular flexibility index (Phi) is 6.91. The molecule has 5 nitrogen and oxygen atoms in total. The van der Waals surface area contributed by atoms with Gasteiger partial charge >= 0.3 is 5.97 Å². The van der Waals surface area contributed by atoms with Gasteiger partial charge in [0.25, 0.3) is 0 Å². The zero-order valence-electron chi connectivity index (χ0n) is 12.3. The van der Waals surface area contributed by atoms with Crippen molar-refractivity contribution in [3.63, 3.8) is 0 Å². The van der Waals surface area contributed by atoms with Crippen LogP contribution in [0.3, 0.4) is 0 Å². The van der Waals surface area contributed by atoms with Gasteiger partial charge in [0.15, 0.2) is 0 Å². The fraction of sp³-hybridized carbons (Fsp3) is 0.846. The van der Waals surface area contributed by atoms with Gasteiger partial charge in [-0.3, -0.25) is 14.9 Å². The molecule has 0 fully saturated rings.